The Morgan fingerprint density at radius 1 is 1.21 bits per heavy atom. The average molecular weight is 409 g/mol. The number of aromatic nitrogens is 1. The maximum atomic E-state index is 12.5. The topological polar surface area (TPSA) is 74.3 Å². The van der Waals surface area contributed by atoms with Crippen molar-refractivity contribution in [2.24, 2.45) is 0 Å². The molecule has 0 aliphatic carbocycles. The summed E-state index contributed by atoms with van der Waals surface area (Å²) in [4.78, 5) is 31.5. The van der Waals surface area contributed by atoms with Crippen LogP contribution >= 0.6 is 11.3 Å². The standard InChI is InChI=1S/C22H24N4O2S/c1-14-9-10-16(15(2)12-14)24-22(28)25-20(27)13-26-11-5-7-18(26)21-23-17-6-3-4-8-19(17)29-21/h3-4,6,8-10,12,18H,5,7,11,13H2,1-2H3,(H2,24,25,27,28)/t18-/m0/s1. The van der Waals surface area contributed by atoms with E-state index < -0.39 is 6.03 Å². The fourth-order valence-electron chi connectivity index (χ4n) is 3.79. The van der Waals surface area contributed by atoms with Crippen molar-refractivity contribution in [3.05, 3.63) is 58.6 Å². The molecule has 2 N–H and O–H groups in total. The van der Waals surface area contributed by atoms with Gasteiger partial charge in [-0.25, -0.2) is 9.78 Å². The molecule has 1 aromatic heterocycles. The Labute approximate surface area is 173 Å². The number of nitrogens with one attached hydrogen (secondary N) is 2. The number of urea groups is 1. The normalized spacial score (nSPS) is 16.8. The molecule has 2 heterocycles. The summed E-state index contributed by atoms with van der Waals surface area (Å²) in [5.41, 5.74) is 3.79. The lowest BCUT2D eigenvalue weighted by Gasteiger charge is -2.21. The number of aryl methyl sites for hydroxylation is 2. The fourth-order valence-corrected chi connectivity index (χ4v) is 4.92. The van der Waals surface area contributed by atoms with Crippen LogP contribution in [0.3, 0.4) is 0 Å². The van der Waals surface area contributed by atoms with Gasteiger partial charge in [0.15, 0.2) is 0 Å². The number of nitrogens with zero attached hydrogens (tertiary/aromatic N) is 2. The molecule has 3 amide bonds. The number of carbonyl (C=O) groups is 2. The van der Waals surface area contributed by atoms with Gasteiger partial charge in [-0.05, 0) is 57.0 Å². The minimum atomic E-state index is -0.502. The number of thiazole rings is 1. The van der Waals surface area contributed by atoms with Crippen LogP contribution in [0.25, 0.3) is 10.2 Å². The van der Waals surface area contributed by atoms with Crippen LogP contribution in [0.5, 0.6) is 0 Å². The van der Waals surface area contributed by atoms with Gasteiger partial charge in [-0.2, -0.15) is 0 Å². The van der Waals surface area contributed by atoms with Crippen molar-refractivity contribution < 1.29 is 9.59 Å². The quantitative estimate of drug-likeness (QED) is 0.671. The van der Waals surface area contributed by atoms with Crippen molar-refractivity contribution >= 4 is 39.2 Å². The molecule has 3 aromatic rings. The molecule has 150 valence electrons. The van der Waals surface area contributed by atoms with Crippen LogP contribution in [0, 0.1) is 13.8 Å². The van der Waals surface area contributed by atoms with E-state index in [-0.39, 0.29) is 18.5 Å². The highest BCUT2D eigenvalue weighted by Gasteiger charge is 2.30. The van der Waals surface area contributed by atoms with Gasteiger partial charge >= 0.3 is 6.03 Å². The molecule has 7 heteroatoms. The number of anilines is 1. The molecule has 6 nitrogen and oxygen atoms in total. The maximum absolute atomic E-state index is 12.5. The van der Waals surface area contributed by atoms with E-state index in [9.17, 15) is 9.59 Å². The summed E-state index contributed by atoms with van der Waals surface area (Å²) in [7, 11) is 0. The number of rotatable bonds is 4. The summed E-state index contributed by atoms with van der Waals surface area (Å²) in [6, 6.07) is 13.5. The van der Waals surface area contributed by atoms with Gasteiger partial charge in [-0.1, -0.05) is 29.8 Å². The highest BCUT2D eigenvalue weighted by atomic mass is 32.1. The van der Waals surface area contributed by atoms with Crippen LogP contribution in [0.1, 0.15) is 35.0 Å². The van der Waals surface area contributed by atoms with Crippen LogP contribution in [0.2, 0.25) is 0 Å². The SMILES string of the molecule is Cc1ccc(NC(=O)NC(=O)CN2CCC[C@H]2c2nc3ccccc3s2)c(C)c1. The smallest absolute Gasteiger partial charge is 0.307 e. The summed E-state index contributed by atoms with van der Waals surface area (Å²) in [5, 5.41) is 6.24. The van der Waals surface area contributed by atoms with E-state index in [4.69, 9.17) is 4.98 Å². The van der Waals surface area contributed by atoms with Crippen molar-refractivity contribution in [2.45, 2.75) is 32.7 Å². The summed E-state index contributed by atoms with van der Waals surface area (Å²) in [5.74, 6) is -0.305. The average Bonchev–Trinajstić information content (AvgIpc) is 3.30. The van der Waals surface area contributed by atoms with Gasteiger partial charge in [-0.15, -0.1) is 11.3 Å². The van der Waals surface area contributed by atoms with Crippen molar-refractivity contribution in [1.29, 1.82) is 0 Å². The molecule has 4 rings (SSSR count). The van der Waals surface area contributed by atoms with Gasteiger partial charge in [0, 0.05) is 5.69 Å². The fraction of sp³-hybridized carbons (Fsp3) is 0.318. The van der Waals surface area contributed by atoms with E-state index >= 15 is 0 Å². The number of hydrogen-bond acceptors (Lipinski definition) is 5. The van der Waals surface area contributed by atoms with E-state index in [1.165, 1.54) is 0 Å². The van der Waals surface area contributed by atoms with Crippen molar-refractivity contribution in [2.75, 3.05) is 18.4 Å². The molecule has 1 aliphatic heterocycles. The van der Waals surface area contributed by atoms with Gasteiger partial charge in [0.1, 0.15) is 5.01 Å². The molecule has 1 saturated heterocycles. The lowest BCUT2D eigenvalue weighted by molar-refractivity contribution is -0.121. The predicted octanol–water partition coefficient (Wildman–Crippen LogP) is 4.40. The van der Waals surface area contributed by atoms with Crippen LogP contribution in [-0.4, -0.2) is 34.9 Å². The van der Waals surface area contributed by atoms with E-state index in [0.29, 0.717) is 5.69 Å². The molecule has 0 spiro atoms. The molecule has 0 radical (unpaired) electrons. The number of carbonyl (C=O) groups excluding carboxylic acids is 2. The molecule has 2 aromatic carbocycles. The number of benzene rings is 2. The van der Waals surface area contributed by atoms with Gasteiger partial charge in [0.05, 0.1) is 22.8 Å². The number of para-hydroxylation sites is 1. The molecular formula is C22H24N4O2S. The first-order valence-corrected chi connectivity index (χ1v) is 10.6. The largest absolute Gasteiger partial charge is 0.325 e. The van der Waals surface area contributed by atoms with Crippen molar-refractivity contribution in [3.8, 4) is 0 Å². The van der Waals surface area contributed by atoms with E-state index in [0.717, 1.165) is 45.7 Å². The van der Waals surface area contributed by atoms with Crippen molar-refractivity contribution in [3.63, 3.8) is 0 Å². The molecule has 0 unspecified atom stereocenters. The van der Waals surface area contributed by atoms with Crippen LogP contribution in [0.4, 0.5) is 10.5 Å². The first-order valence-electron chi connectivity index (χ1n) is 9.77. The molecule has 29 heavy (non-hydrogen) atoms. The monoisotopic (exact) mass is 408 g/mol. The Morgan fingerprint density at radius 2 is 2.03 bits per heavy atom. The highest BCUT2D eigenvalue weighted by molar-refractivity contribution is 7.18. The Kier molecular flexibility index (Phi) is 5.60. The molecule has 1 aliphatic rings. The molecular weight excluding hydrogens is 384 g/mol. The molecule has 1 atom stereocenters. The van der Waals surface area contributed by atoms with Gasteiger partial charge < -0.3 is 5.32 Å². The molecule has 0 saturated carbocycles. The lowest BCUT2D eigenvalue weighted by Crippen LogP contribution is -2.41. The first kappa shape index (κ1) is 19.5. The summed E-state index contributed by atoms with van der Waals surface area (Å²) < 4.78 is 1.16. The third-order valence-corrected chi connectivity index (χ3v) is 6.33. The Bertz CT molecular complexity index is 1030. The second-order valence-corrected chi connectivity index (χ2v) is 8.53. The van der Waals surface area contributed by atoms with Crippen molar-refractivity contribution in [1.82, 2.24) is 15.2 Å². The maximum Gasteiger partial charge on any atom is 0.325 e. The van der Waals surface area contributed by atoms with E-state index in [1.807, 2.05) is 50.2 Å². The Balaban J connectivity index is 1.37. The number of imide groups is 1. The first-order chi connectivity index (χ1) is 14.0. The predicted molar refractivity (Wildman–Crippen MR) is 116 cm³/mol. The number of fused-ring (bicyclic) bond motifs is 1. The van der Waals surface area contributed by atoms with Crippen LogP contribution in [0.15, 0.2) is 42.5 Å². The zero-order chi connectivity index (χ0) is 20.4. The molecule has 1 fully saturated rings. The Hall–Kier alpha value is -2.77. The summed E-state index contributed by atoms with van der Waals surface area (Å²) >= 11 is 1.68. The number of amides is 3. The van der Waals surface area contributed by atoms with Crippen LogP contribution < -0.4 is 10.6 Å². The zero-order valence-corrected chi connectivity index (χ0v) is 17.4. The summed E-state index contributed by atoms with van der Waals surface area (Å²) in [6.45, 7) is 4.93. The molecule has 0 bridgehead atoms. The Morgan fingerprint density at radius 3 is 2.83 bits per heavy atom. The second-order valence-electron chi connectivity index (χ2n) is 7.47. The van der Waals surface area contributed by atoms with E-state index in [2.05, 4.69) is 21.6 Å². The van der Waals surface area contributed by atoms with Crippen LogP contribution in [-0.2, 0) is 4.79 Å². The van der Waals surface area contributed by atoms with Gasteiger partial charge in [-0.3, -0.25) is 15.0 Å². The van der Waals surface area contributed by atoms with E-state index in [1.54, 1.807) is 11.3 Å². The second kappa shape index (κ2) is 8.31. The number of hydrogen-bond donors (Lipinski definition) is 2. The van der Waals surface area contributed by atoms with Gasteiger partial charge in [0.2, 0.25) is 5.91 Å². The highest BCUT2D eigenvalue weighted by Crippen LogP contribution is 2.36. The zero-order valence-electron chi connectivity index (χ0n) is 16.6. The minimum absolute atomic E-state index is 0.126. The minimum Gasteiger partial charge on any atom is -0.307 e. The third kappa shape index (κ3) is 4.46. The van der Waals surface area contributed by atoms with Gasteiger partial charge in [0.25, 0.3) is 0 Å². The third-order valence-electron chi connectivity index (χ3n) is 5.19. The number of likely N-dealkylation sites (tertiary alicyclic amines) is 1. The summed E-state index contributed by atoms with van der Waals surface area (Å²) in [6.07, 6.45) is 1.99. The lowest BCUT2D eigenvalue weighted by atomic mass is 10.1.